The van der Waals surface area contributed by atoms with Crippen LogP contribution >= 0.6 is 23.6 Å². The van der Waals surface area contributed by atoms with Crippen molar-refractivity contribution in [1.82, 2.24) is 33.9 Å². The van der Waals surface area contributed by atoms with E-state index in [1.165, 1.54) is 11.3 Å². The molecule has 0 unspecified atom stereocenters. The van der Waals surface area contributed by atoms with Crippen LogP contribution < -0.4 is 5.56 Å². The van der Waals surface area contributed by atoms with Gasteiger partial charge in [-0.2, -0.15) is 4.98 Å². The number of fused-ring (bicyclic) bond motifs is 1. The molecular weight excluding hydrogens is 442 g/mol. The Morgan fingerprint density at radius 2 is 1.84 bits per heavy atom. The first-order chi connectivity index (χ1) is 15.6. The highest BCUT2D eigenvalue weighted by Crippen LogP contribution is 2.11. The van der Waals surface area contributed by atoms with E-state index in [1.54, 1.807) is 16.7 Å². The fourth-order valence-corrected chi connectivity index (χ4v) is 4.71. The quantitative estimate of drug-likeness (QED) is 0.442. The molecule has 164 valence electrons. The fraction of sp³-hybridized carbons (Fsp3) is 0.273. The highest BCUT2D eigenvalue weighted by molar-refractivity contribution is 7.71. The smallest absolute Gasteiger partial charge is 0.258 e. The minimum atomic E-state index is -0.0179. The van der Waals surface area contributed by atoms with Crippen molar-refractivity contribution in [3.63, 3.8) is 0 Å². The molecule has 0 radical (unpaired) electrons. The summed E-state index contributed by atoms with van der Waals surface area (Å²) < 4.78 is 4.04. The number of nitrogens with one attached hydrogen (secondary N) is 1. The van der Waals surface area contributed by atoms with Crippen LogP contribution in [0.15, 0.2) is 52.8 Å². The third kappa shape index (κ3) is 4.78. The average molecular weight is 466 g/mol. The van der Waals surface area contributed by atoms with E-state index in [2.05, 4.69) is 24.9 Å². The topological polar surface area (TPSA) is 74.5 Å². The van der Waals surface area contributed by atoms with E-state index in [-0.39, 0.29) is 5.56 Å². The highest BCUT2D eigenvalue weighted by Gasteiger charge is 2.18. The van der Waals surface area contributed by atoms with E-state index in [1.807, 2.05) is 52.5 Å². The Morgan fingerprint density at radius 1 is 1.06 bits per heavy atom. The first-order valence-electron chi connectivity index (χ1n) is 10.4. The summed E-state index contributed by atoms with van der Waals surface area (Å²) in [6.45, 7) is 5.02. The summed E-state index contributed by atoms with van der Waals surface area (Å²) in [7, 11) is 0. The highest BCUT2D eigenvalue weighted by atomic mass is 32.1. The lowest BCUT2D eigenvalue weighted by Crippen LogP contribution is -2.46. The molecule has 4 heterocycles. The number of rotatable bonds is 6. The van der Waals surface area contributed by atoms with Gasteiger partial charge in [-0.1, -0.05) is 36.4 Å². The number of nitrogens with zero attached hydrogens (tertiary/aromatic N) is 6. The van der Waals surface area contributed by atoms with Crippen LogP contribution in [0, 0.1) is 4.77 Å². The summed E-state index contributed by atoms with van der Waals surface area (Å²) in [5.41, 5.74) is 1.93. The lowest BCUT2D eigenvalue weighted by Gasteiger charge is -2.34. The molecule has 1 aliphatic rings. The van der Waals surface area contributed by atoms with E-state index in [9.17, 15) is 4.79 Å². The number of aromatic amines is 1. The largest absolute Gasteiger partial charge is 0.295 e. The van der Waals surface area contributed by atoms with Gasteiger partial charge in [-0.05, 0) is 23.9 Å². The van der Waals surface area contributed by atoms with Crippen molar-refractivity contribution < 1.29 is 0 Å². The monoisotopic (exact) mass is 465 g/mol. The minimum Gasteiger partial charge on any atom is -0.295 e. The Labute approximate surface area is 194 Å². The maximum atomic E-state index is 12.2. The molecule has 32 heavy (non-hydrogen) atoms. The maximum absolute atomic E-state index is 12.2. The number of H-pyrrole nitrogens is 1. The molecular formula is C22H23N7OS2. The molecule has 8 nitrogen and oxygen atoms in total. The van der Waals surface area contributed by atoms with Crippen LogP contribution in [0.25, 0.3) is 17.1 Å². The van der Waals surface area contributed by atoms with E-state index in [4.69, 9.17) is 12.2 Å². The maximum Gasteiger partial charge on any atom is 0.258 e. The number of aromatic nitrogens is 5. The third-order valence-electron chi connectivity index (χ3n) is 5.48. The standard InChI is InChI=1S/C22H23N7OS2/c30-20-14-18(23-22-28(20)12-13-32-22)15-26-8-10-27(11-9-26)16-29-21(31)24-19(25-29)7-6-17-4-2-1-3-5-17/h1-7,12-14H,8-11,15-16H2,(H,24,25,31)/b7-6+. The van der Waals surface area contributed by atoms with Crippen molar-refractivity contribution in [3.05, 3.63) is 80.2 Å². The van der Waals surface area contributed by atoms with Crippen molar-refractivity contribution in [3.8, 4) is 0 Å². The Hall–Kier alpha value is -2.92. The number of thiazole rings is 1. The van der Waals surface area contributed by atoms with Crippen LogP contribution in [0.2, 0.25) is 0 Å². The third-order valence-corrected chi connectivity index (χ3v) is 6.55. The summed E-state index contributed by atoms with van der Waals surface area (Å²) >= 11 is 6.92. The molecule has 1 saturated heterocycles. The molecule has 10 heteroatoms. The van der Waals surface area contributed by atoms with Crippen molar-refractivity contribution in [1.29, 1.82) is 0 Å². The molecule has 1 fully saturated rings. The molecule has 5 rings (SSSR count). The van der Waals surface area contributed by atoms with Gasteiger partial charge in [0.05, 0.1) is 12.4 Å². The van der Waals surface area contributed by atoms with Crippen LogP contribution in [0.3, 0.4) is 0 Å². The van der Waals surface area contributed by atoms with Crippen LogP contribution in [-0.2, 0) is 13.2 Å². The molecule has 3 aromatic heterocycles. The first kappa shape index (κ1) is 21.0. The van der Waals surface area contributed by atoms with E-state index < -0.39 is 0 Å². The summed E-state index contributed by atoms with van der Waals surface area (Å²) in [4.78, 5) is 26.7. The van der Waals surface area contributed by atoms with Gasteiger partial charge in [0, 0.05) is 50.4 Å². The normalized spacial score (nSPS) is 15.8. The Morgan fingerprint density at radius 3 is 2.66 bits per heavy atom. The number of hydrogen-bond acceptors (Lipinski definition) is 7. The zero-order valence-corrected chi connectivity index (χ0v) is 19.1. The van der Waals surface area contributed by atoms with E-state index in [0.717, 1.165) is 48.2 Å². The molecule has 1 aliphatic heterocycles. The first-order valence-corrected chi connectivity index (χ1v) is 11.7. The zero-order chi connectivity index (χ0) is 21.9. The van der Waals surface area contributed by atoms with Gasteiger partial charge >= 0.3 is 0 Å². The Balaban J connectivity index is 1.17. The summed E-state index contributed by atoms with van der Waals surface area (Å²) in [6, 6.07) is 11.8. The van der Waals surface area contributed by atoms with Crippen LogP contribution in [0.1, 0.15) is 17.1 Å². The molecule has 4 aromatic rings. The predicted molar refractivity (Wildman–Crippen MR) is 129 cm³/mol. The molecule has 0 atom stereocenters. The summed E-state index contributed by atoms with van der Waals surface area (Å²) in [5, 5.41) is 5.17. The molecule has 0 saturated carbocycles. The molecule has 0 aliphatic carbocycles. The van der Waals surface area contributed by atoms with E-state index in [0.29, 0.717) is 18.0 Å². The van der Waals surface area contributed by atoms with E-state index >= 15 is 0 Å². The summed E-state index contributed by atoms with van der Waals surface area (Å²) in [5.74, 6) is 0.749. The number of hydrogen-bond donors (Lipinski definition) is 1. The van der Waals surface area contributed by atoms with Gasteiger partial charge in [-0.25, -0.2) is 9.67 Å². The second kappa shape index (κ2) is 9.29. The van der Waals surface area contributed by atoms with Gasteiger partial charge < -0.3 is 0 Å². The Bertz CT molecular complexity index is 1340. The van der Waals surface area contributed by atoms with Crippen LogP contribution in [0.5, 0.6) is 0 Å². The van der Waals surface area contributed by atoms with Crippen molar-refractivity contribution in [2.24, 2.45) is 0 Å². The van der Waals surface area contributed by atoms with Gasteiger partial charge in [0.2, 0.25) is 4.77 Å². The number of piperazine rings is 1. The van der Waals surface area contributed by atoms with Gasteiger partial charge in [0.15, 0.2) is 4.96 Å². The van der Waals surface area contributed by atoms with Crippen molar-refractivity contribution in [2.45, 2.75) is 13.2 Å². The Kier molecular flexibility index (Phi) is 6.08. The number of benzene rings is 1. The molecule has 0 spiro atoms. The van der Waals surface area contributed by atoms with Crippen LogP contribution in [-0.4, -0.2) is 60.1 Å². The lowest BCUT2D eigenvalue weighted by atomic mass is 10.2. The van der Waals surface area contributed by atoms with Crippen molar-refractivity contribution >= 4 is 40.7 Å². The molecule has 1 N–H and O–H groups in total. The van der Waals surface area contributed by atoms with Gasteiger partial charge in [-0.3, -0.25) is 24.1 Å². The van der Waals surface area contributed by atoms with Gasteiger partial charge in [0.1, 0.15) is 5.82 Å². The molecule has 1 aromatic carbocycles. The zero-order valence-electron chi connectivity index (χ0n) is 17.4. The second-order valence-electron chi connectivity index (χ2n) is 7.74. The van der Waals surface area contributed by atoms with Crippen LogP contribution in [0.4, 0.5) is 0 Å². The lowest BCUT2D eigenvalue weighted by molar-refractivity contribution is 0.0974. The second-order valence-corrected chi connectivity index (χ2v) is 8.98. The van der Waals surface area contributed by atoms with Gasteiger partial charge in [0.25, 0.3) is 5.56 Å². The molecule has 0 bridgehead atoms. The average Bonchev–Trinajstić information content (AvgIpc) is 3.41. The summed E-state index contributed by atoms with van der Waals surface area (Å²) in [6.07, 6.45) is 5.73. The minimum absolute atomic E-state index is 0.0179. The molecule has 0 amide bonds. The fourth-order valence-electron chi connectivity index (χ4n) is 3.77. The SMILES string of the molecule is O=c1cc(CN2CCN(Cn3[nH]c(/C=C/c4ccccc4)nc3=S)CC2)nc2sccn12. The predicted octanol–water partition coefficient (Wildman–Crippen LogP) is 2.96. The van der Waals surface area contributed by atoms with Gasteiger partial charge in [-0.15, -0.1) is 11.3 Å². The van der Waals surface area contributed by atoms with Crippen molar-refractivity contribution in [2.75, 3.05) is 26.2 Å².